The molecule has 2 aliphatic carbocycles. The smallest absolute Gasteiger partial charge is 0.416 e. The van der Waals surface area contributed by atoms with E-state index in [-0.39, 0.29) is 35.4 Å². The number of ether oxygens (including phenoxy) is 1. The van der Waals surface area contributed by atoms with Crippen LogP contribution in [0.4, 0.5) is 13.2 Å². The molecular formula is C32H30F3N3O3. The zero-order valence-electron chi connectivity index (χ0n) is 22.5. The summed E-state index contributed by atoms with van der Waals surface area (Å²) in [6.07, 6.45) is 2.20. The minimum Gasteiger partial charge on any atom is -0.458 e. The minimum absolute atomic E-state index is 0.00142. The summed E-state index contributed by atoms with van der Waals surface area (Å²) >= 11 is 0. The van der Waals surface area contributed by atoms with Gasteiger partial charge < -0.3 is 14.5 Å². The molecule has 2 aromatic carbocycles. The highest BCUT2D eigenvalue weighted by molar-refractivity contribution is 6.00. The van der Waals surface area contributed by atoms with E-state index in [0.717, 1.165) is 48.9 Å². The normalized spacial score (nSPS) is 22.5. The largest absolute Gasteiger partial charge is 0.458 e. The van der Waals surface area contributed by atoms with Crippen LogP contribution in [0.2, 0.25) is 0 Å². The summed E-state index contributed by atoms with van der Waals surface area (Å²) in [5.41, 5.74) is 2.77. The second-order valence-electron chi connectivity index (χ2n) is 11.4. The van der Waals surface area contributed by atoms with Crippen molar-refractivity contribution in [2.75, 3.05) is 0 Å². The van der Waals surface area contributed by atoms with Gasteiger partial charge in [-0.3, -0.25) is 9.59 Å². The maximum atomic E-state index is 13.2. The van der Waals surface area contributed by atoms with Gasteiger partial charge in [-0.2, -0.15) is 13.2 Å². The van der Waals surface area contributed by atoms with Gasteiger partial charge in [-0.15, -0.1) is 0 Å². The van der Waals surface area contributed by atoms with Crippen LogP contribution in [0.3, 0.4) is 0 Å². The van der Waals surface area contributed by atoms with Crippen molar-refractivity contribution in [3.63, 3.8) is 0 Å². The van der Waals surface area contributed by atoms with Crippen LogP contribution in [0.15, 0.2) is 79.3 Å². The Balaban J connectivity index is 1.05. The second kappa shape index (κ2) is 10.4. The van der Waals surface area contributed by atoms with Gasteiger partial charge in [0.15, 0.2) is 5.69 Å². The highest BCUT2D eigenvalue weighted by atomic mass is 19.4. The molecule has 6 nitrogen and oxygen atoms in total. The second-order valence-corrected chi connectivity index (χ2v) is 11.4. The highest BCUT2D eigenvalue weighted by Gasteiger charge is 2.55. The van der Waals surface area contributed by atoms with E-state index in [4.69, 9.17) is 4.74 Å². The van der Waals surface area contributed by atoms with Crippen LogP contribution < -0.4 is 5.32 Å². The van der Waals surface area contributed by atoms with Crippen molar-refractivity contribution >= 4 is 17.4 Å². The molecule has 2 saturated carbocycles. The molecule has 1 N–H and O–H groups in total. The lowest BCUT2D eigenvalue weighted by Crippen LogP contribution is -2.57. The van der Waals surface area contributed by atoms with Crippen LogP contribution in [-0.4, -0.2) is 27.3 Å². The lowest BCUT2D eigenvalue weighted by Gasteiger charge is -2.57. The van der Waals surface area contributed by atoms with Crippen LogP contribution in [-0.2, 0) is 22.1 Å². The number of rotatable bonds is 7. The molecule has 1 atom stereocenters. The van der Waals surface area contributed by atoms with Crippen LogP contribution in [0, 0.1) is 11.3 Å². The average molecular weight is 562 g/mol. The van der Waals surface area contributed by atoms with Crippen molar-refractivity contribution in [2.45, 2.75) is 57.3 Å². The number of carbonyl (C=O) groups excluding carboxylic acids is 2. The Bertz CT molecular complexity index is 1570. The Morgan fingerprint density at radius 1 is 1.02 bits per heavy atom. The fourth-order valence-corrected chi connectivity index (χ4v) is 6.35. The van der Waals surface area contributed by atoms with Crippen molar-refractivity contribution in [3.05, 3.63) is 107 Å². The third-order valence-electron chi connectivity index (χ3n) is 8.48. The number of hydrogen-bond acceptors (Lipinski definition) is 4. The van der Waals surface area contributed by atoms with Crippen LogP contribution in [0.25, 0.3) is 5.52 Å². The van der Waals surface area contributed by atoms with Crippen molar-refractivity contribution in [2.24, 2.45) is 11.3 Å². The molecule has 0 unspecified atom stereocenters. The summed E-state index contributed by atoms with van der Waals surface area (Å²) in [5, 5.41) is 3.09. The summed E-state index contributed by atoms with van der Waals surface area (Å²) < 4.78 is 46.3. The molecule has 1 amide bonds. The summed E-state index contributed by atoms with van der Waals surface area (Å²) in [6.45, 7) is 1.88. The topological polar surface area (TPSA) is 72.7 Å². The fraction of sp³-hybridized carbons (Fsp3) is 0.344. The number of aromatic nitrogens is 2. The van der Waals surface area contributed by atoms with Crippen LogP contribution in [0.5, 0.6) is 0 Å². The molecule has 0 radical (unpaired) electrons. The van der Waals surface area contributed by atoms with Gasteiger partial charge in [-0.1, -0.05) is 48.5 Å². The average Bonchev–Trinajstić information content (AvgIpc) is 3.35. The monoisotopic (exact) mass is 561 g/mol. The first kappa shape index (κ1) is 27.1. The van der Waals surface area contributed by atoms with E-state index in [0.29, 0.717) is 23.2 Å². The standard InChI is InChI=1S/C32H30F3N3O3/c1-20(22-6-3-2-4-7-22)41-30(40)24-15-31(16-24)17-26(18-31)37-29(39)27-28-23(8-5-13-38(28)19-36-27)14-21-9-11-25(12-10-21)32(33,34)35/h2-13,19-20,24,26H,14-18H2,1H3,(H,37,39)/t20-,24-,26-,31?/m0/s1. The van der Waals surface area contributed by atoms with Crippen molar-refractivity contribution in [1.29, 1.82) is 0 Å². The van der Waals surface area contributed by atoms with Gasteiger partial charge in [-0.05, 0) is 79.3 Å². The van der Waals surface area contributed by atoms with Gasteiger partial charge in [0, 0.05) is 12.2 Å². The third-order valence-corrected chi connectivity index (χ3v) is 8.48. The molecule has 41 heavy (non-hydrogen) atoms. The summed E-state index contributed by atoms with van der Waals surface area (Å²) in [4.78, 5) is 30.2. The molecule has 2 aliphatic rings. The lowest BCUT2D eigenvalue weighted by atomic mass is 9.50. The SMILES string of the molecule is C[C@H](OC(=O)[C@H]1CC2(C[C@H](NC(=O)c3ncn4cccc(Cc5ccc(C(F)(F)F)cc5)c34)C2)C1)c1ccccc1. The predicted octanol–water partition coefficient (Wildman–Crippen LogP) is 6.54. The number of nitrogens with one attached hydrogen (secondary N) is 1. The molecule has 1 spiro atoms. The number of carbonyl (C=O) groups is 2. The Kier molecular flexibility index (Phi) is 6.83. The Morgan fingerprint density at radius 2 is 1.73 bits per heavy atom. The lowest BCUT2D eigenvalue weighted by molar-refractivity contribution is -0.167. The number of imidazole rings is 1. The zero-order chi connectivity index (χ0) is 28.8. The number of nitrogens with zero attached hydrogens (tertiary/aromatic N) is 2. The molecule has 0 aliphatic heterocycles. The number of fused-ring (bicyclic) bond motifs is 1. The van der Waals surface area contributed by atoms with Gasteiger partial charge in [0.2, 0.25) is 0 Å². The zero-order valence-corrected chi connectivity index (χ0v) is 22.5. The van der Waals surface area contributed by atoms with E-state index in [2.05, 4.69) is 10.3 Å². The van der Waals surface area contributed by atoms with E-state index in [9.17, 15) is 22.8 Å². The van der Waals surface area contributed by atoms with Crippen LogP contribution >= 0.6 is 0 Å². The van der Waals surface area contributed by atoms with Crippen molar-refractivity contribution < 1.29 is 27.5 Å². The number of hydrogen-bond donors (Lipinski definition) is 1. The molecule has 0 saturated heterocycles. The predicted molar refractivity (Wildman–Crippen MR) is 146 cm³/mol. The maximum absolute atomic E-state index is 13.2. The van der Waals surface area contributed by atoms with E-state index in [1.807, 2.05) is 49.4 Å². The highest BCUT2D eigenvalue weighted by Crippen LogP contribution is 2.59. The molecular weight excluding hydrogens is 531 g/mol. The quantitative estimate of drug-likeness (QED) is 0.260. The summed E-state index contributed by atoms with van der Waals surface area (Å²) in [5.74, 6) is -0.550. The van der Waals surface area contributed by atoms with E-state index >= 15 is 0 Å². The third kappa shape index (κ3) is 5.45. The molecule has 6 rings (SSSR count). The molecule has 0 bridgehead atoms. The van der Waals surface area contributed by atoms with Gasteiger partial charge in [0.05, 0.1) is 17.0 Å². The molecule has 2 heterocycles. The minimum atomic E-state index is -4.39. The van der Waals surface area contributed by atoms with Crippen molar-refractivity contribution in [1.82, 2.24) is 14.7 Å². The van der Waals surface area contributed by atoms with E-state index < -0.39 is 11.7 Å². The van der Waals surface area contributed by atoms with Crippen molar-refractivity contribution in [3.8, 4) is 0 Å². The van der Waals surface area contributed by atoms with E-state index in [1.165, 1.54) is 12.1 Å². The molecule has 212 valence electrons. The summed E-state index contributed by atoms with van der Waals surface area (Å²) in [7, 11) is 0. The molecule has 4 aromatic rings. The Morgan fingerprint density at radius 3 is 2.41 bits per heavy atom. The maximum Gasteiger partial charge on any atom is 0.416 e. The van der Waals surface area contributed by atoms with E-state index in [1.54, 1.807) is 16.9 Å². The Hall–Kier alpha value is -4.14. The first-order valence-corrected chi connectivity index (χ1v) is 13.8. The molecule has 2 aromatic heterocycles. The van der Waals surface area contributed by atoms with Gasteiger partial charge >= 0.3 is 12.1 Å². The number of pyridine rings is 1. The molecule has 2 fully saturated rings. The van der Waals surface area contributed by atoms with Crippen LogP contribution in [0.1, 0.15) is 71.5 Å². The Labute approximate surface area is 235 Å². The number of esters is 1. The number of benzene rings is 2. The number of halogens is 3. The van der Waals surface area contributed by atoms with Gasteiger partial charge in [-0.25, -0.2) is 4.98 Å². The first-order chi connectivity index (χ1) is 19.6. The van der Waals surface area contributed by atoms with Gasteiger partial charge in [0.25, 0.3) is 5.91 Å². The summed E-state index contributed by atoms with van der Waals surface area (Å²) in [6, 6.07) is 18.4. The molecule has 9 heteroatoms. The first-order valence-electron chi connectivity index (χ1n) is 13.8. The number of alkyl halides is 3. The number of amides is 1. The van der Waals surface area contributed by atoms with Gasteiger partial charge in [0.1, 0.15) is 12.4 Å². The fourth-order valence-electron chi connectivity index (χ4n) is 6.35.